The Balaban J connectivity index is 1.82. The van der Waals surface area contributed by atoms with Crippen molar-refractivity contribution in [2.45, 2.75) is 25.7 Å². The van der Waals surface area contributed by atoms with Gasteiger partial charge in [0.1, 0.15) is 0 Å². The zero-order valence-electron chi connectivity index (χ0n) is 16.1. The van der Waals surface area contributed by atoms with Crippen LogP contribution in [-0.2, 0) is 12.8 Å². The van der Waals surface area contributed by atoms with E-state index in [9.17, 15) is 0 Å². The van der Waals surface area contributed by atoms with Gasteiger partial charge in [-0.05, 0) is 70.2 Å². The Morgan fingerprint density at radius 3 is 1.00 bits per heavy atom. The second kappa shape index (κ2) is 7.48. The van der Waals surface area contributed by atoms with Crippen molar-refractivity contribution in [3.05, 3.63) is 108 Å². The summed E-state index contributed by atoms with van der Waals surface area (Å²) in [5.41, 5.74) is 11.0. The van der Waals surface area contributed by atoms with Gasteiger partial charge >= 0.3 is 0 Å². The summed E-state index contributed by atoms with van der Waals surface area (Å²) < 4.78 is 0. The first kappa shape index (κ1) is 17.0. The van der Waals surface area contributed by atoms with Crippen molar-refractivity contribution in [3.8, 4) is 33.4 Å². The lowest BCUT2D eigenvalue weighted by molar-refractivity contribution is 0.736. The summed E-state index contributed by atoms with van der Waals surface area (Å²) in [6, 6.07) is 35.6. The van der Waals surface area contributed by atoms with Crippen LogP contribution in [0.5, 0.6) is 0 Å². The Bertz CT molecular complexity index is 1030. The maximum Gasteiger partial charge on any atom is -0.00991 e. The minimum Gasteiger partial charge on any atom is -0.0620 e. The average molecular weight is 361 g/mol. The van der Waals surface area contributed by atoms with Gasteiger partial charge in [-0.3, -0.25) is 0 Å². The number of aryl methyl sites for hydroxylation is 2. The van der Waals surface area contributed by atoms with Crippen LogP contribution in [0.3, 0.4) is 0 Å². The predicted octanol–water partition coefficient (Wildman–Crippen LogP) is 7.57. The average Bonchev–Trinajstić information content (AvgIpc) is 2.77. The molecule has 0 nitrogen and oxygen atoms in total. The predicted molar refractivity (Wildman–Crippen MR) is 119 cm³/mol. The summed E-state index contributed by atoms with van der Waals surface area (Å²) >= 11 is 0. The second-order valence-electron chi connectivity index (χ2n) is 7.61. The number of rotatable bonds is 0. The summed E-state index contributed by atoms with van der Waals surface area (Å²) in [5, 5.41) is 0. The van der Waals surface area contributed by atoms with E-state index in [2.05, 4.69) is 97.1 Å². The monoisotopic (exact) mass is 360 g/mol. The molecule has 0 unspecified atom stereocenters. The minimum atomic E-state index is 1.13. The fourth-order valence-corrected chi connectivity index (χ4v) is 4.54. The molecule has 1 aliphatic carbocycles. The van der Waals surface area contributed by atoms with Gasteiger partial charge in [0.2, 0.25) is 0 Å². The molecule has 1 aliphatic rings. The molecule has 4 aromatic carbocycles. The van der Waals surface area contributed by atoms with Crippen molar-refractivity contribution in [2.75, 3.05) is 0 Å². The lowest BCUT2D eigenvalue weighted by Crippen LogP contribution is -1.98. The van der Waals surface area contributed by atoms with Gasteiger partial charge in [-0.2, -0.15) is 0 Å². The lowest BCUT2D eigenvalue weighted by Gasteiger charge is -2.19. The van der Waals surface area contributed by atoms with E-state index in [1.807, 2.05) is 0 Å². The van der Waals surface area contributed by atoms with Crippen molar-refractivity contribution in [2.24, 2.45) is 0 Å². The summed E-state index contributed by atoms with van der Waals surface area (Å²) in [4.78, 5) is 0. The lowest BCUT2D eigenvalue weighted by atomic mass is 9.84. The summed E-state index contributed by atoms with van der Waals surface area (Å²) in [6.45, 7) is 0. The van der Waals surface area contributed by atoms with Crippen LogP contribution >= 0.6 is 0 Å². The van der Waals surface area contributed by atoms with Gasteiger partial charge < -0.3 is 0 Å². The van der Waals surface area contributed by atoms with Crippen LogP contribution in [0.1, 0.15) is 24.0 Å². The molecule has 0 N–H and O–H groups in total. The van der Waals surface area contributed by atoms with Crippen molar-refractivity contribution in [3.63, 3.8) is 0 Å². The highest BCUT2D eigenvalue weighted by atomic mass is 14.2. The molecular weight excluding hydrogens is 336 g/mol. The highest BCUT2D eigenvalue weighted by Crippen LogP contribution is 2.40. The molecule has 0 saturated carbocycles. The largest absolute Gasteiger partial charge is 0.0620 e. The molecule has 4 aromatic rings. The molecule has 0 radical (unpaired) electrons. The van der Waals surface area contributed by atoms with E-state index < -0.39 is 0 Å². The van der Waals surface area contributed by atoms with Crippen LogP contribution in [0, 0.1) is 0 Å². The molecule has 0 amide bonds. The maximum atomic E-state index is 2.30. The topological polar surface area (TPSA) is 0 Å². The quantitative estimate of drug-likeness (QED) is 0.303. The molecule has 0 bridgehead atoms. The fourth-order valence-electron chi connectivity index (χ4n) is 4.54. The van der Waals surface area contributed by atoms with Crippen molar-refractivity contribution >= 4 is 0 Å². The Morgan fingerprint density at radius 1 is 0.321 bits per heavy atom. The fraction of sp³-hybridized carbons (Fsp3) is 0.143. The third kappa shape index (κ3) is 3.05. The van der Waals surface area contributed by atoms with Gasteiger partial charge in [-0.25, -0.2) is 0 Å². The number of hydrogen-bond donors (Lipinski definition) is 0. The van der Waals surface area contributed by atoms with Gasteiger partial charge in [0.15, 0.2) is 0 Å². The smallest absolute Gasteiger partial charge is 0.00991 e. The molecule has 0 saturated heterocycles. The van der Waals surface area contributed by atoms with E-state index in [-0.39, 0.29) is 0 Å². The molecule has 136 valence electrons. The number of fused-ring (bicyclic) bond motifs is 7. The molecule has 0 fully saturated rings. The van der Waals surface area contributed by atoms with Crippen molar-refractivity contribution < 1.29 is 0 Å². The Hall–Kier alpha value is -3.12. The van der Waals surface area contributed by atoms with Crippen LogP contribution in [0.25, 0.3) is 33.4 Å². The first-order valence-corrected chi connectivity index (χ1v) is 10.3. The van der Waals surface area contributed by atoms with Crippen LogP contribution in [-0.4, -0.2) is 0 Å². The van der Waals surface area contributed by atoms with Gasteiger partial charge in [0.25, 0.3) is 0 Å². The van der Waals surface area contributed by atoms with E-state index >= 15 is 0 Å². The summed E-state index contributed by atoms with van der Waals surface area (Å²) in [6.07, 6.45) is 4.70. The molecule has 0 aromatic heterocycles. The normalized spacial score (nSPS) is 13.1. The maximum absolute atomic E-state index is 2.30. The Labute approximate surface area is 167 Å². The number of hydrogen-bond acceptors (Lipinski definition) is 0. The van der Waals surface area contributed by atoms with Crippen LogP contribution in [0.15, 0.2) is 97.1 Å². The highest BCUT2D eigenvalue weighted by molar-refractivity contribution is 5.92. The zero-order valence-corrected chi connectivity index (χ0v) is 16.1. The molecule has 0 aliphatic heterocycles. The first-order chi connectivity index (χ1) is 13.9. The summed E-state index contributed by atoms with van der Waals surface area (Å²) in [7, 11) is 0. The van der Waals surface area contributed by atoms with Gasteiger partial charge in [-0.1, -0.05) is 97.1 Å². The standard InChI is InChI=1S/C28H24/c1-2-12-22-14-4-6-16-24(22)26-18-8-10-20-28(26)27-19-9-7-17-25(27)23-15-5-3-13-21(23)11-1/h3-10,13-20H,1-2,11-12H2. The van der Waals surface area contributed by atoms with Crippen LogP contribution < -0.4 is 0 Å². The van der Waals surface area contributed by atoms with E-state index in [4.69, 9.17) is 0 Å². The molecule has 28 heavy (non-hydrogen) atoms. The van der Waals surface area contributed by atoms with E-state index in [0.717, 1.165) is 12.8 Å². The third-order valence-electron chi connectivity index (χ3n) is 5.90. The van der Waals surface area contributed by atoms with E-state index in [1.165, 1.54) is 57.3 Å². The molecular formula is C28H24. The molecule has 5 rings (SSSR count). The van der Waals surface area contributed by atoms with Gasteiger partial charge in [0, 0.05) is 0 Å². The van der Waals surface area contributed by atoms with Gasteiger partial charge in [0.05, 0.1) is 0 Å². The number of benzene rings is 4. The third-order valence-corrected chi connectivity index (χ3v) is 5.90. The second-order valence-corrected chi connectivity index (χ2v) is 7.61. The van der Waals surface area contributed by atoms with E-state index in [1.54, 1.807) is 0 Å². The Morgan fingerprint density at radius 2 is 0.607 bits per heavy atom. The molecule has 0 heteroatoms. The SMILES string of the molecule is c1ccc2c(c1)CCCCc1ccccc1-c1ccccc1-c1ccccc1-2. The molecule has 0 atom stereocenters. The highest BCUT2D eigenvalue weighted by Gasteiger charge is 2.16. The van der Waals surface area contributed by atoms with Crippen molar-refractivity contribution in [1.29, 1.82) is 0 Å². The van der Waals surface area contributed by atoms with Crippen LogP contribution in [0.4, 0.5) is 0 Å². The van der Waals surface area contributed by atoms with E-state index in [0.29, 0.717) is 0 Å². The Kier molecular flexibility index (Phi) is 4.54. The molecule has 0 heterocycles. The summed E-state index contributed by atoms with van der Waals surface area (Å²) in [5.74, 6) is 0. The first-order valence-electron chi connectivity index (χ1n) is 10.3. The van der Waals surface area contributed by atoms with Gasteiger partial charge in [-0.15, -0.1) is 0 Å². The van der Waals surface area contributed by atoms with Crippen molar-refractivity contribution in [1.82, 2.24) is 0 Å². The van der Waals surface area contributed by atoms with Crippen LogP contribution in [0.2, 0.25) is 0 Å². The zero-order chi connectivity index (χ0) is 18.8. The molecule has 0 spiro atoms. The minimum absolute atomic E-state index is 1.13.